The molecular weight excluding hydrogens is 236 g/mol. The Bertz CT molecular complexity index is 327. The first-order valence-electron chi connectivity index (χ1n) is 5.65. The maximum absolute atomic E-state index is 11.8. The number of hydrogen-bond acceptors (Lipinski definition) is 2. The minimum atomic E-state index is -0.162. The third-order valence-electron chi connectivity index (χ3n) is 2.38. The number of likely N-dealkylation sites (N-methyl/N-ethyl adjacent to an activating group) is 1. The van der Waals surface area contributed by atoms with Gasteiger partial charge in [-0.3, -0.25) is 4.79 Å². The molecule has 2 N–H and O–H groups in total. The van der Waals surface area contributed by atoms with E-state index in [9.17, 15) is 4.79 Å². The van der Waals surface area contributed by atoms with Gasteiger partial charge in [-0.15, -0.1) is 12.4 Å². The average Bonchev–Trinajstić information content (AvgIpc) is 2.26. The second kappa shape index (κ2) is 8.09. The Morgan fingerprint density at radius 3 is 2.29 bits per heavy atom. The monoisotopic (exact) mass is 256 g/mol. The zero-order valence-electron chi connectivity index (χ0n) is 10.6. The molecule has 0 bridgehead atoms. The van der Waals surface area contributed by atoms with Crippen LogP contribution in [0.3, 0.4) is 0 Å². The van der Waals surface area contributed by atoms with Crippen LogP contribution < -0.4 is 10.6 Å². The molecule has 0 radical (unpaired) electrons. The summed E-state index contributed by atoms with van der Waals surface area (Å²) in [4.78, 5) is 11.8. The van der Waals surface area contributed by atoms with Crippen LogP contribution in [-0.2, 0) is 11.2 Å². The molecule has 0 aromatic heterocycles. The lowest BCUT2D eigenvalue weighted by Crippen LogP contribution is -2.46. The predicted molar refractivity (Wildman–Crippen MR) is 73.5 cm³/mol. The first-order chi connectivity index (χ1) is 7.63. The quantitative estimate of drug-likeness (QED) is 0.843. The van der Waals surface area contributed by atoms with Crippen molar-refractivity contribution >= 4 is 18.3 Å². The first kappa shape index (κ1) is 15.9. The molecule has 0 aliphatic rings. The Hall–Kier alpha value is -1.06. The highest BCUT2D eigenvalue weighted by atomic mass is 35.5. The van der Waals surface area contributed by atoms with E-state index < -0.39 is 0 Å². The van der Waals surface area contributed by atoms with Gasteiger partial charge in [0, 0.05) is 6.04 Å². The van der Waals surface area contributed by atoms with Crippen molar-refractivity contribution in [2.24, 2.45) is 0 Å². The normalized spacial score (nSPS) is 11.8. The minimum Gasteiger partial charge on any atom is -0.353 e. The van der Waals surface area contributed by atoms with Gasteiger partial charge < -0.3 is 10.6 Å². The molecule has 0 aliphatic carbocycles. The molecule has 1 aromatic rings. The molecule has 0 aliphatic heterocycles. The maximum atomic E-state index is 11.8. The molecule has 0 fully saturated rings. The Labute approximate surface area is 109 Å². The van der Waals surface area contributed by atoms with Crippen LogP contribution in [0.15, 0.2) is 30.3 Å². The molecule has 0 spiro atoms. The fourth-order valence-corrected chi connectivity index (χ4v) is 1.56. The molecule has 4 heteroatoms. The summed E-state index contributed by atoms with van der Waals surface area (Å²) in [5.74, 6) is 0.0568. The molecule has 1 atom stereocenters. The zero-order chi connectivity index (χ0) is 12.0. The second-order valence-corrected chi connectivity index (χ2v) is 4.19. The van der Waals surface area contributed by atoms with E-state index in [2.05, 4.69) is 10.6 Å². The Balaban J connectivity index is 0.00000256. The van der Waals surface area contributed by atoms with E-state index in [4.69, 9.17) is 0 Å². The van der Waals surface area contributed by atoms with Crippen LogP contribution >= 0.6 is 12.4 Å². The number of nitrogens with one attached hydrogen (secondary N) is 2. The fourth-order valence-electron chi connectivity index (χ4n) is 1.56. The minimum absolute atomic E-state index is 0. The van der Waals surface area contributed by atoms with Gasteiger partial charge in [0.15, 0.2) is 0 Å². The van der Waals surface area contributed by atoms with Crippen LogP contribution in [0.5, 0.6) is 0 Å². The van der Waals surface area contributed by atoms with E-state index in [0.717, 1.165) is 6.42 Å². The number of amides is 1. The Morgan fingerprint density at radius 2 is 1.82 bits per heavy atom. The lowest BCUT2D eigenvalue weighted by atomic mass is 10.1. The summed E-state index contributed by atoms with van der Waals surface area (Å²) in [7, 11) is 1.81. The molecule has 1 amide bonds. The number of rotatable bonds is 5. The van der Waals surface area contributed by atoms with Crippen molar-refractivity contribution in [3.05, 3.63) is 35.9 Å². The summed E-state index contributed by atoms with van der Waals surface area (Å²) >= 11 is 0. The van der Waals surface area contributed by atoms with Crippen LogP contribution in [0.2, 0.25) is 0 Å². The summed E-state index contributed by atoms with van der Waals surface area (Å²) < 4.78 is 0. The molecule has 3 nitrogen and oxygen atoms in total. The molecule has 0 heterocycles. The predicted octanol–water partition coefficient (Wildman–Crippen LogP) is 1.76. The molecule has 1 aromatic carbocycles. The number of carbonyl (C=O) groups excluding carboxylic acids is 1. The van der Waals surface area contributed by atoms with Crippen molar-refractivity contribution in [2.75, 3.05) is 7.05 Å². The van der Waals surface area contributed by atoms with Gasteiger partial charge in [0.2, 0.25) is 5.91 Å². The van der Waals surface area contributed by atoms with Crippen LogP contribution in [0.4, 0.5) is 0 Å². The SMILES string of the molecule is CNC(Cc1ccccc1)C(=O)NC(C)C.Cl. The number of benzene rings is 1. The van der Waals surface area contributed by atoms with Crippen molar-refractivity contribution in [2.45, 2.75) is 32.4 Å². The smallest absolute Gasteiger partial charge is 0.237 e. The largest absolute Gasteiger partial charge is 0.353 e. The summed E-state index contributed by atoms with van der Waals surface area (Å²) in [6.45, 7) is 3.93. The second-order valence-electron chi connectivity index (χ2n) is 4.19. The van der Waals surface area contributed by atoms with Gasteiger partial charge in [-0.1, -0.05) is 30.3 Å². The summed E-state index contributed by atoms with van der Waals surface area (Å²) in [6.07, 6.45) is 0.718. The van der Waals surface area contributed by atoms with Crippen LogP contribution in [-0.4, -0.2) is 25.0 Å². The van der Waals surface area contributed by atoms with Gasteiger partial charge in [-0.05, 0) is 32.9 Å². The lowest BCUT2D eigenvalue weighted by Gasteiger charge is -2.17. The van der Waals surface area contributed by atoms with E-state index in [0.29, 0.717) is 0 Å². The third kappa shape index (κ3) is 5.71. The molecule has 0 saturated carbocycles. The van der Waals surface area contributed by atoms with Crippen molar-refractivity contribution in [3.8, 4) is 0 Å². The van der Waals surface area contributed by atoms with Crippen molar-refractivity contribution < 1.29 is 4.79 Å². The van der Waals surface area contributed by atoms with E-state index in [1.54, 1.807) is 0 Å². The lowest BCUT2D eigenvalue weighted by molar-refractivity contribution is -0.123. The third-order valence-corrected chi connectivity index (χ3v) is 2.38. The number of halogens is 1. The van der Waals surface area contributed by atoms with Crippen LogP contribution in [0, 0.1) is 0 Å². The number of carbonyl (C=O) groups is 1. The highest BCUT2D eigenvalue weighted by Gasteiger charge is 2.16. The summed E-state index contributed by atoms with van der Waals surface area (Å²) in [6, 6.07) is 10.0. The Morgan fingerprint density at radius 1 is 1.24 bits per heavy atom. The first-order valence-corrected chi connectivity index (χ1v) is 5.65. The van der Waals surface area contributed by atoms with Gasteiger partial charge in [0.1, 0.15) is 0 Å². The fraction of sp³-hybridized carbons (Fsp3) is 0.462. The highest BCUT2D eigenvalue weighted by Crippen LogP contribution is 2.03. The van der Waals surface area contributed by atoms with Crippen molar-refractivity contribution in [1.82, 2.24) is 10.6 Å². The standard InChI is InChI=1S/C13H20N2O.ClH/c1-10(2)15-13(16)12(14-3)9-11-7-5-4-6-8-11;/h4-8,10,12,14H,9H2,1-3H3,(H,15,16);1H. The van der Waals surface area contributed by atoms with Gasteiger partial charge in [-0.25, -0.2) is 0 Å². The van der Waals surface area contributed by atoms with Gasteiger partial charge in [-0.2, -0.15) is 0 Å². The van der Waals surface area contributed by atoms with Crippen LogP contribution in [0.25, 0.3) is 0 Å². The molecule has 1 rings (SSSR count). The molecule has 0 saturated heterocycles. The van der Waals surface area contributed by atoms with Gasteiger partial charge in [0.05, 0.1) is 6.04 Å². The highest BCUT2D eigenvalue weighted by molar-refractivity contribution is 5.85. The summed E-state index contributed by atoms with van der Waals surface area (Å²) in [5.41, 5.74) is 1.17. The zero-order valence-corrected chi connectivity index (χ0v) is 11.4. The van der Waals surface area contributed by atoms with Gasteiger partial charge >= 0.3 is 0 Å². The average molecular weight is 257 g/mol. The molecule has 96 valence electrons. The Kier molecular flexibility index (Phi) is 7.59. The van der Waals surface area contributed by atoms with Crippen molar-refractivity contribution in [1.29, 1.82) is 0 Å². The number of hydrogen-bond donors (Lipinski definition) is 2. The van der Waals surface area contributed by atoms with Crippen molar-refractivity contribution in [3.63, 3.8) is 0 Å². The van der Waals surface area contributed by atoms with E-state index in [1.165, 1.54) is 5.56 Å². The van der Waals surface area contributed by atoms with Crippen LogP contribution in [0.1, 0.15) is 19.4 Å². The van der Waals surface area contributed by atoms with Gasteiger partial charge in [0.25, 0.3) is 0 Å². The van der Waals surface area contributed by atoms with E-state index >= 15 is 0 Å². The topological polar surface area (TPSA) is 41.1 Å². The maximum Gasteiger partial charge on any atom is 0.237 e. The molecule has 17 heavy (non-hydrogen) atoms. The molecule has 1 unspecified atom stereocenters. The summed E-state index contributed by atoms with van der Waals surface area (Å²) in [5, 5.41) is 5.96. The van der Waals surface area contributed by atoms with E-state index in [1.807, 2.05) is 51.2 Å². The van der Waals surface area contributed by atoms with E-state index in [-0.39, 0.29) is 30.4 Å². The molecular formula is C13H21ClN2O.